The van der Waals surface area contributed by atoms with Gasteiger partial charge in [0.25, 0.3) is 5.91 Å². The Balaban J connectivity index is 1.70. The van der Waals surface area contributed by atoms with E-state index in [4.69, 9.17) is 4.74 Å². The molecule has 1 atom stereocenters. The SMILES string of the molecule is CC(CNC(=O)c1ccccc1C(=O)c1ccc(F)cc1)N1CCOCC1. The van der Waals surface area contributed by atoms with Crippen LogP contribution in [-0.4, -0.2) is 55.5 Å². The molecule has 1 aliphatic rings. The molecule has 0 bridgehead atoms. The van der Waals surface area contributed by atoms with Crippen molar-refractivity contribution in [2.75, 3.05) is 32.8 Å². The quantitative estimate of drug-likeness (QED) is 0.794. The van der Waals surface area contributed by atoms with Crippen LogP contribution in [0.2, 0.25) is 0 Å². The van der Waals surface area contributed by atoms with Crippen LogP contribution < -0.4 is 5.32 Å². The van der Waals surface area contributed by atoms with Gasteiger partial charge in [0.2, 0.25) is 0 Å². The lowest BCUT2D eigenvalue weighted by Gasteiger charge is -2.32. The number of nitrogens with zero attached hydrogens (tertiary/aromatic N) is 1. The highest BCUT2D eigenvalue weighted by Gasteiger charge is 2.21. The standard InChI is InChI=1S/C21H23FN2O3/c1-15(24-10-12-27-13-11-24)14-23-21(26)19-5-3-2-4-18(19)20(25)16-6-8-17(22)9-7-16/h2-9,15H,10-14H2,1H3,(H,23,26). The molecule has 0 radical (unpaired) electrons. The number of ether oxygens (including phenoxy) is 1. The fourth-order valence-electron chi connectivity index (χ4n) is 3.12. The van der Waals surface area contributed by atoms with Crippen LogP contribution in [0.1, 0.15) is 33.2 Å². The third-order valence-electron chi connectivity index (χ3n) is 4.75. The topological polar surface area (TPSA) is 58.6 Å². The number of carbonyl (C=O) groups excluding carboxylic acids is 2. The second kappa shape index (κ2) is 8.88. The maximum absolute atomic E-state index is 13.1. The summed E-state index contributed by atoms with van der Waals surface area (Å²) < 4.78 is 18.4. The number of carbonyl (C=O) groups is 2. The summed E-state index contributed by atoms with van der Waals surface area (Å²) in [4.78, 5) is 27.7. The van der Waals surface area contributed by atoms with Crippen LogP contribution >= 0.6 is 0 Å². The van der Waals surface area contributed by atoms with Crippen molar-refractivity contribution >= 4 is 11.7 Å². The first-order valence-electron chi connectivity index (χ1n) is 9.05. The fraction of sp³-hybridized carbons (Fsp3) is 0.333. The molecule has 1 aliphatic heterocycles. The molecular formula is C21H23FN2O3. The van der Waals surface area contributed by atoms with Crippen molar-refractivity contribution in [1.29, 1.82) is 0 Å². The molecule has 3 rings (SSSR count). The lowest BCUT2D eigenvalue weighted by atomic mass is 9.98. The Kier molecular flexibility index (Phi) is 6.32. The molecule has 0 aliphatic carbocycles. The Labute approximate surface area is 158 Å². The maximum Gasteiger partial charge on any atom is 0.252 e. The smallest absolute Gasteiger partial charge is 0.252 e. The third kappa shape index (κ3) is 4.78. The number of halogens is 1. The van der Waals surface area contributed by atoms with Gasteiger partial charge in [-0.2, -0.15) is 0 Å². The van der Waals surface area contributed by atoms with E-state index in [-0.39, 0.29) is 17.7 Å². The number of ketones is 1. The molecule has 0 saturated carbocycles. The molecule has 0 aromatic heterocycles. The van der Waals surface area contributed by atoms with Crippen molar-refractivity contribution in [2.45, 2.75) is 13.0 Å². The van der Waals surface area contributed by atoms with Gasteiger partial charge in [0.1, 0.15) is 5.82 Å². The van der Waals surface area contributed by atoms with E-state index in [9.17, 15) is 14.0 Å². The van der Waals surface area contributed by atoms with Crippen LogP contribution in [-0.2, 0) is 4.74 Å². The summed E-state index contributed by atoms with van der Waals surface area (Å²) in [6.45, 7) is 5.63. The van der Waals surface area contributed by atoms with Gasteiger partial charge in [-0.1, -0.05) is 18.2 Å². The summed E-state index contributed by atoms with van der Waals surface area (Å²) in [6.07, 6.45) is 0. The first kappa shape index (κ1) is 19.2. The fourth-order valence-corrected chi connectivity index (χ4v) is 3.12. The van der Waals surface area contributed by atoms with E-state index < -0.39 is 5.82 Å². The third-order valence-corrected chi connectivity index (χ3v) is 4.75. The number of hydrogen-bond donors (Lipinski definition) is 1. The monoisotopic (exact) mass is 370 g/mol. The summed E-state index contributed by atoms with van der Waals surface area (Å²) in [7, 11) is 0. The molecule has 1 N–H and O–H groups in total. The average molecular weight is 370 g/mol. The van der Waals surface area contributed by atoms with Gasteiger partial charge in [0.15, 0.2) is 5.78 Å². The van der Waals surface area contributed by atoms with E-state index in [0.29, 0.717) is 36.4 Å². The minimum Gasteiger partial charge on any atom is -0.379 e. The summed E-state index contributed by atoms with van der Waals surface area (Å²) in [5.74, 6) is -1.00. The second-order valence-corrected chi connectivity index (χ2v) is 6.59. The number of benzene rings is 2. The summed E-state index contributed by atoms with van der Waals surface area (Å²) in [5.41, 5.74) is 0.972. The molecule has 1 fully saturated rings. The van der Waals surface area contributed by atoms with Crippen molar-refractivity contribution in [2.24, 2.45) is 0 Å². The summed E-state index contributed by atoms with van der Waals surface area (Å²) in [6, 6.07) is 12.2. The lowest BCUT2D eigenvalue weighted by molar-refractivity contribution is 0.0204. The van der Waals surface area contributed by atoms with Crippen LogP contribution in [0.15, 0.2) is 48.5 Å². The highest BCUT2D eigenvalue weighted by molar-refractivity contribution is 6.15. The minimum absolute atomic E-state index is 0.179. The second-order valence-electron chi connectivity index (χ2n) is 6.59. The van der Waals surface area contributed by atoms with Crippen LogP contribution in [0.5, 0.6) is 0 Å². The number of rotatable bonds is 6. The van der Waals surface area contributed by atoms with Gasteiger partial charge < -0.3 is 10.1 Å². The first-order valence-corrected chi connectivity index (χ1v) is 9.05. The van der Waals surface area contributed by atoms with Gasteiger partial charge in [0, 0.05) is 36.8 Å². The highest BCUT2D eigenvalue weighted by atomic mass is 19.1. The molecular weight excluding hydrogens is 347 g/mol. The molecule has 1 amide bonds. The van der Waals surface area contributed by atoms with Gasteiger partial charge >= 0.3 is 0 Å². The molecule has 0 spiro atoms. The predicted octanol–water partition coefficient (Wildman–Crippen LogP) is 2.51. The minimum atomic E-state index is -0.408. The van der Waals surface area contributed by atoms with Crippen LogP contribution in [0, 0.1) is 5.82 Å². The molecule has 6 heteroatoms. The Hall–Kier alpha value is -2.57. The van der Waals surface area contributed by atoms with E-state index in [1.807, 2.05) is 0 Å². The molecule has 5 nitrogen and oxygen atoms in total. The molecule has 1 unspecified atom stereocenters. The van der Waals surface area contributed by atoms with Crippen molar-refractivity contribution < 1.29 is 18.7 Å². The van der Waals surface area contributed by atoms with E-state index in [1.54, 1.807) is 24.3 Å². The van der Waals surface area contributed by atoms with E-state index in [2.05, 4.69) is 17.1 Å². The average Bonchev–Trinajstić information content (AvgIpc) is 2.72. The molecule has 2 aromatic rings. The normalized spacial score (nSPS) is 15.9. The van der Waals surface area contributed by atoms with Gasteiger partial charge in [-0.3, -0.25) is 14.5 Å². The number of nitrogens with one attached hydrogen (secondary N) is 1. The van der Waals surface area contributed by atoms with Crippen molar-refractivity contribution in [3.8, 4) is 0 Å². The van der Waals surface area contributed by atoms with Gasteiger partial charge in [0.05, 0.1) is 18.8 Å². The van der Waals surface area contributed by atoms with Gasteiger partial charge in [-0.05, 0) is 37.3 Å². The van der Waals surface area contributed by atoms with Crippen LogP contribution in [0.3, 0.4) is 0 Å². The Morgan fingerprint density at radius 1 is 1.07 bits per heavy atom. The van der Waals surface area contributed by atoms with Crippen LogP contribution in [0.4, 0.5) is 4.39 Å². The number of amides is 1. The molecule has 1 saturated heterocycles. The zero-order chi connectivity index (χ0) is 19.2. The largest absolute Gasteiger partial charge is 0.379 e. The van der Waals surface area contributed by atoms with Crippen molar-refractivity contribution in [1.82, 2.24) is 10.2 Å². The number of morpholine rings is 1. The summed E-state index contributed by atoms with van der Waals surface area (Å²) in [5, 5.41) is 2.92. The Bertz CT molecular complexity index is 801. The van der Waals surface area contributed by atoms with Crippen LogP contribution in [0.25, 0.3) is 0 Å². The van der Waals surface area contributed by atoms with E-state index in [1.165, 1.54) is 24.3 Å². The maximum atomic E-state index is 13.1. The van der Waals surface area contributed by atoms with E-state index in [0.717, 1.165) is 13.1 Å². The molecule has 2 aromatic carbocycles. The zero-order valence-electron chi connectivity index (χ0n) is 15.3. The van der Waals surface area contributed by atoms with Crippen molar-refractivity contribution in [3.05, 3.63) is 71.0 Å². The zero-order valence-corrected chi connectivity index (χ0v) is 15.3. The first-order chi connectivity index (χ1) is 13.1. The Morgan fingerprint density at radius 3 is 2.37 bits per heavy atom. The molecule has 27 heavy (non-hydrogen) atoms. The number of hydrogen-bond acceptors (Lipinski definition) is 4. The summed E-state index contributed by atoms with van der Waals surface area (Å²) >= 11 is 0. The van der Waals surface area contributed by atoms with E-state index >= 15 is 0 Å². The van der Waals surface area contributed by atoms with Gasteiger partial charge in [-0.25, -0.2) is 4.39 Å². The molecule has 142 valence electrons. The van der Waals surface area contributed by atoms with Gasteiger partial charge in [-0.15, -0.1) is 0 Å². The molecule has 1 heterocycles. The Morgan fingerprint density at radius 2 is 1.70 bits per heavy atom. The van der Waals surface area contributed by atoms with Crippen molar-refractivity contribution in [3.63, 3.8) is 0 Å². The lowest BCUT2D eigenvalue weighted by Crippen LogP contribution is -2.47. The predicted molar refractivity (Wildman–Crippen MR) is 100 cm³/mol. The highest BCUT2D eigenvalue weighted by Crippen LogP contribution is 2.15.